The number of rotatable bonds is 3. The highest BCUT2D eigenvalue weighted by Crippen LogP contribution is 2.21. The number of carbonyl (C=O) groups excluding carboxylic acids is 2. The monoisotopic (exact) mass is 334 g/mol. The number of piperidine rings is 1. The van der Waals surface area contributed by atoms with Gasteiger partial charge in [0.05, 0.1) is 12.6 Å². The van der Waals surface area contributed by atoms with E-state index >= 15 is 0 Å². The zero-order valence-electron chi connectivity index (χ0n) is 13.7. The number of hydrogen-bond acceptors (Lipinski definition) is 3. The van der Waals surface area contributed by atoms with Crippen LogP contribution >= 0.6 is 0 Å². The maximum atomic E-state index is 13.0. The molecule has 2 saturated heterocycles. The van der Waals surface area contributed by atoms with Crippen molar-refractivity contribution in [2.45, 2.75) is 31.7 Å². The Morgan fingerprint density at radius 3 is 2.67 bits per heavy atom. The first-order valence-corrected chi connectivity index (χ1v) is 8.56. The largest absolute Gasteiger partial charge is 0.379 e. The van der Waals surface area contributed by atoms with E-state index in [-0.39, 0.29) is 29.6 Å². The number of urea groups is 1. The Kier molecular flexibility index (Phi) is 5.45. The van der Waals surface area contributed by atoms with E-state index in [9.17, 15) is 14.0 Å². The summed E-state index contributed by atoms with van der Waals surface area (Å²) in [6.07, 6.45) is 3.44. The van der Waals surface area contributed by atoms with Gasteiger partial charge in [-0.15, -0.1) is 0 Å². The van der Waals surface area contributed by atoms with Gasteiger partial charge in [0.2, 0.25) is 0 Å². The quantitative estimate of drug-likeness (QED) is 0.865. The molecule has 1 N–H and O–H groups in total. The second-order valence-corrected chi connectivity index (χ2v) is 6.52. The summed E-state index contributed by atoms with van der Waals surface area (Å²) in [5.41, 5.74) is 0.504. The fourth-order valence-electron chi connectivity index (χ4n) is 3.35. The van der Waals surface area contributed by atoms with Crippen molar-refractivity contribution in [3.8, 4) is 0 Å². The normalized spacial score (nSPS) is 24.5. The first-order chi connectivity index (χ1) is 11.6. The highest BCUT2D eigenvalue weighted by atomic mass is 19.1. The highest BCUT2D eigenvalue weighted by Gasteiger charge is 2.30. The van der Waals surface area contributed by atoms with Crippen LogP contribution in [0.4, 0.5) is 9.18 Å². The molecular formula is C18H23FN2O3. The van der Waals surface area contributed by atoms with E-state index in [2.05, 4.69) is 5.32 Å². The van der Waals surface area contributed by atoms with Crippen LogP contribution in [-0.2, 0) is 4.74 Å². The summed E-state index contributed by atoms with van der Waals surface area (Å²) >= 11 is 0. The molecule has 0 bridgehead atoms. The molecule has 1 aromatic carbocycles. The van der Waals surface area contributed by atoms with Crippen LogP contribution in [0.25, 0.3) is 0 Å². The van der Waals surface area contributed by atoms with E-state index in [1.165, 1.54) is 24.3 Å². The van der Waals surface area contributed by atoms with Crippen molar-refractivity contribution < 1.29 is 18.7 Å². The van der Waals surface area contributed by atoms with Crippen molar-refractivity contribution in [3.05, 3.63) is 35.6 Å². The molecule has 3 rings (SSSR count). The first kappa shape index (κ1) is 16.9. The van der Waals surface area contributed by atoms with Crippen molar-refractivity contribution in [2.75, 3.05) is 26.3 Å². The standard InChI is InChI=1S/C18H23FN2O3/c19-15-7-5-13(6-8-15)17(22)14-3-1-9-21(11-14)18(23)20-16-4-2-10-24-12-16/h5-8,14,16H,1-4,9-12H2,(H,20,23)/t14-,16+/m0/s1. The van der Waals surface area contributed by atoms with E-state index < -0.39 is 0 Å². The van der Waals surface area contributed by atoms with Crippen molar-refractivity contribution in [1.29, 1.82) is 0 Å². The van der Waals surface area contributed by atoms with Gasteiger partial charge in [0, 0.05) is 31.2 Å². The van der Waals surface area contributed by atoms with Crippen molar-refractivity contribution in [3.63, 3.8) is 0 Å². The maximum absolute atomic E-state index is 13.0. The number of Topliss-reactive ketones (excluding diaryl/α,β-unsaturated/α-hetero) is 1. The van der Waals surface area contributed by atoms with Crippen molar-refractivity contribution >= 4 is 11.8 Å². The number of halogens is 1. The van der Waals surface area contributed by atoms with E-state index in [4.69, 9.17) is 4.74 Å². The van der Waals surface area contributed by atoms with E-state index in [1.807, 2.05) is 0 Å². The van der Waals surface area contributed by atoms with Crippen LogP contribution in [-0.4, -0.2) is 49.1 Å². The summed E-state index contributed by atoms with van der Waals surface area (Å²) < 4.78 is 18.4. The number of hydrogen-bond donors (Lipinski definition) is 1. The predicted molar refractivity (Wildman–Crippen MR) is 87.4 cm³/mol. The Morgan fingerprint density at radius 2 is 1.96 bits per heavy atom. The number of benzene rings is 1. The summed E-state index contributed by atoms with van der Waals surface area (Å²) in [6, 6.07) is 5.54. The van der Waals surface area contributed by atoms with Crippen molar-refractivity contribution in [2.24, 2.45) is 5.92 Å². The van der Waals surface area contributed by atoms with E-state index in [0.29, 0.717) is 25.3 Å². The van der Waals surface area contributed by atoms with Crippen LogP contribution in [0, 0.1) is 11.7 Å². The van der Waals surface area contributed by atoms with Crippen LogP contribution in [0.15, 0.2) is 24.3 Å². The van der Waals surface area contributed by atoms with Gasteiger partial charge >= 0.3 is 6.03 Å². The van der Waals surface area contributed by atoms with Gasteiger partial charge in [-0.1, -0.05) is 0 Å². The molecule has 2 amide bonds. The fourth-order valence-corrected chi connectivity index (χ4v) is 3.35. The Hall–Kier alpha value is -1.95. The van der Waals surface area contributed by atoms with Gasteiger partial charge in [-0.2, -0.15) is 0 Å². The molecule has 0 saturated carbocycles. The van der Waals surface area contributed by atoms with Crippen LogP contribution in [0.5, 0.6) is 0 Å². The van der Waals surface area contributed by atoms with Crippen LogP contribution in [0.2, 0.25) is 0 Å². The van der Waals surface area contributed by atoms with Crippen LogP contribution in [0.3, 0.4) is 0 Å². The third kappa shape index (κ3) is 4.12. The molecule has 2 aliphatic heterocycles. The molecule has 2 fully saturated rings. The lowest BCUT2D eigenvalue weighted by Gasteiger charge is -2.34. The molecule has 0 spiro atoms. The number of likely N-dealkylation sites (tertiary alicyclic amines) is 1. The topological polar surface area (TPSA) is 58.6 Å². The third-order valence-electron chi connectivity index (χ3n) is 4.70. The lowest BCUT2D eigenvalue weighted by Crippen LogP contribution is -2.51. The smallest absolute Gasteiger partial charge is 0.317 e. The zero-order chi connectivity index (χ0) is 16.9. The second kappa shape index (κ2) is 7.75. The molecule has 6 heteroatoms. The van der Waals surface area contributed by atoms with Gasteiger partial charge in [-0.3, -0.25) is 4.79 Å². The molecule has 24 heavy (non-hydrogen) atoms. The minimum atomic E-state index is -0.356. The number of carbonyl (C=O) groups is 2. The summed E-state index contributed by atoms with van der Waals surface area (Å²) in [5.74, 6) is -0.600. The van der Waals surface area contributed by atoms with Gasteiger partial charge in [0.1, 0.15) is 5.82 Å². The minimum Gasteiger partial charge on any atom is -0.379 e. The second-order valence-electron chi connectivity index (χ2n) is 6.52. The molecular weight excluding hydrogens is 311 g/mol. The first-order valence-electron chi connectivity index (χ1n) is 8.56. The highest BCUT2D eigenvalue weighted by molar-refractivity contribution is 5.98. The lowest BCUT2D eigenvalue weighted by molar-refractivity contribution is 0.0679. The maximum Gasteiger partial charge on any atom is 0.317 e. The molecule has 2 aliphatic rings. The van der Waals surface area contributed by atoms with Gasteiger partial charge in [-0.05, 0) is 49.9 Å². The molecule has 2 heterocycles. The summed E-state index contributed by atoms with van der Waals surface area (Å²) in [7, 11) is 0. The molecule has 5 nitrogen and oxygen atoms in total. The molecule has 130 valence electrons. The van der Waals surface area contributed by atoms with Crippen LogP contribution in [0.1, 0.15) is 36.0 Å². The van der Waals surface area contributed by atoms with Gasteiger partial charge in [0.15, 0.2) is 5.78 Å². The Balaban J connectivity index is 1.58. The number of ketones is 1. The molecule has 0 aromatic heterocycles. The van der Waals surface area contributed by atoms with Gasteiger partial charge < -0.3 is 15.0 Å². The van der Waals surface area contributed by atoms with E-state index in [0.717, 1.165) is 32.3 Å². The summed E-state index contributed by atoms with van der Waals surface area (Å²) in [6.45, 7) is 2.38. The fraction of sp³-hybridized carbons (Fsp3) is 0.556. The van der Waals surface area contributed by atoms with Gasteiger partial charge in [0.25, 0.3) is 0 Å². The van der Waals surface area contributed by atoms with Crippen molar-refractivity contribution in [1.82, 2.24) is 10.2 Å². The third-order valence-corrected chi connectivity index (χ3v) is 4.70. The Labute approximate surface area is 141 Å². The Bertz CT molecular complexity index is 584. The predicted octanol–water partition coefficient (Wildman–Crippen LogP) is 2.61. The number of nitrogens with one attached hydrogen (secondary N) is 1. The van der Waals surface area contributed by atoms with E-state index in [1.54, 1.807) is 4.90 Å². The molecule has 1 aromatic rings. The van der Waals surface area contributed by atoms with Gasteiger partial charge in [-0.25, -0.2) is 9.18 Å². The number of ether oxygens (including phenoxy) is 1. The molecule has 2 atom stereocenters. The average molecular weight is 334 g/mol. The summed E-state index contributed by atoms with van der Waals surface area (Å²) in [4.78, 5) is 26.7. The molecule has 0 unspecified atom stereocenters. The Morgan fingerprint density at radius 1 is 1.17 bits per heavy atom. The van der Waals surface area contributed by atoms with Crippen LogP contribution < -0.4 is 5.32 Å². The molecule has 0 radical (unpaired) electrons. The zero-order valence-corrected chi connectivity index (χ0v) is 13.7. The number of nitrogens with zero attached hydrogens (tertiary/aromatic N) is 1. The SMILES string of the molecule is O=C(c1ccc(F)cc1)[C@H]1CCCN(C(=O)N[C@@H]2CCCOC2)C1. The average Bonchev–Trinajstić information content (AvgIpc) is 2.63. The number of amides is 2. The lowest BCUT2D eigenvalue weighted by atomic mass is 9.90. The summed E-state index contributed by atoms with van der Waals surface area (Å²) in [5, 5.41) is 3.00. The molecule has 0 aliphatic carbocycles. The minimum absolute atomic E-state index is 0.0199.